The standard InChI is InChI=1S/C11H20N2O/c1-8-4-6-13(9(8)2)11(14)10-3-5-12-7-10/h8-10,12H,3-7H2,1-2H3/t8?,9?,10-/m1/s1. The molecule has 0 bridgehead atoms. The molecule has 3 heteroatoms. The first-order valence-electron chi connectivity index (χ1n) is 5.71. The first-order chi connectivity index (χ1) is 6.70. The quantitative estimate of drug-likeness (QED) is 0.674. The van der Waals surface area contributed by atoms with Crippen LogP contribution in [-0.2, 0) is 4.79 Å². The summed E-state index contributed by atoms with van der Waals surface area (Å²) in [7, 11) is 0. The van der Waals surface area contributed by atoms with Crippen molar-refractivity contribution in [2.75, 3.05) is 19.6 Å². The van der Waals surface area contributed by atoms with Crippen molar-refractivity contribution in [3.8, 4) is 0 Å². The zero-order valence-electron chi connectivity index (χ0n) is 9.12. The van der Waals surface area contributed by atoms with Crippen LogP contribution in [0.25, 0.3) is 0 Å². The molecule has 2 aliphatic rings. The molecule has 2 unspecified atom stereocenters. The lowest BCUT2D eigenvalue weighted by molar-refractivity contribution is -0.135. The second-order valence-corrected chi connectivity index (χ2v) is 4.73. The summed E-state index contributed by atoms with van der Waals surface area (Å²) in [5, 5.41) is 3.26. The van der Waals surface area contributed by atoms with Crippen molar-refractivity contribution in [3.05, 3.63) is 0 Å². The summed E-state index contributed by atoms with van der Waals surface area (Å²) < 4.78 is 0. The lowest BCUT2D eigenvalue weighted by atomic mass is 10.0. The number of hydrogen-bond donors (Lipinski definition) is 1. The van der Waals surface area contributed by atoms with Gasteiger partial charge in [-0.1, -0.05) is 6.92 Å². The van der Waals surface area contributed by atoms with Gasteiger partial charge in [-0.25, -0.2) is 0 Å². The van der Waals surface area contributed by atoms with Gasteiger partial charge in [-0.3, -0.25) is 4.79 Å². The van der Waals surface area contributed by atoms with Gasteiger partial charge in [-0.05, 0) is 32.2 Å². The topological polar surface area (TPSA) is 32.3 Å². The van der Waals surface area contributed by atoms with Crippen LogP contribution in [0.1, 0.15) is 26.7 Å². The molecule has 2 rings (SSSR count). The maximum atomic E-state index is 12.1. The summed E-state index contributed by atoms with van der Waals surface area (Å²) in [5.74, 6) is 1.31. The predicted octanol–water partition coefficient (Wildman–Crippen LogP) is 0.853. The monoisotopic (exact) mass is 196 g/mol. The van der Waals surface area contributed by atoms with Crippen LogP contribution in [0.15, 0.2) is 0 Å². The summed E-state index contributed by atoms with van der Waals surface area (Å²) in [4.78, 5) is 14.2. The molecule has 3 atom stereocenters. The molecule has 2 fully saturated rings. The zero-order chi connectivity index (χ0) is 10.1. The molecule has 0 saturated carbocycles. The van der Waals surface area contributed by atoms with Crippen LogP contribution in [0.2, 0.25) is 0 Å². The highest BCUT2D eigenvalue weighted by Crippen LogP contribution is 2.26. The Morgan fingerprint density at radius 1 is 1.36 bits per heavy atom. The van der Waals surface area contributed by atoms with Crippen LogP contribution in [-0.4, -0.2) is 36.5 Å². The average molecular weight is 196 g/mol. The summed E-state index contributed by atoms with van der Waals surface area (Å²) in [6.07, 6.45) is 2.20. The fraction of sp³-hybridized carbons (Fsp3) is 0.909. The first-order valence-corrected chi connectivity index (χ1v) is 5.71. The maximum absolute atomic E-state index is 12.1. The molecular formula is C11H20N2O. The second kappa shape index (κ2) is 3.89. The molecule has 0 aromatic heterocycles. The molecule has 0 radical (unpaired) electrons. The number of carbonyl (C=O) groups excluding carboxylic acids is 1. The van der Waals surface area contributed by atoms with Gasteiger partial charge in [0.2, 0.25) is 5.91 Å². The third-order valence-electron chi connectivity index (χ3n) is 3.83. The highest BCUT2D eigenvalue weighted by molar-refractivity contribution is 5.80. The molecule has 1 N–H and O–H groups in total. The SMILES string of the molecule is CC1CCN(C(=O)[C@@H]2CCNC2)C1C. The van der Waals surface area contributed by atoms with Crippen molar-refractivity contribution in [3.63, 3.8) is 0 Å². The van der Waals surface area contributed by atoms with Crippen molar-refractivity contribution < 1.29 is 4.79 Å². The van der Waals surface area contributed by atoms with Gasteiger partial charge in [0.15, 0.2) is 0 Å². The summed E-state index contributed by atoms with van der Waals surface area (Å²) in [6, 6.07) is 0.447. The van der Waals surface area contributed by atoms with E-state index in [-0.39, 0.29) is 5.92 Å². The molecule has 2 aliphatic heterocycles. The fourth-order valence-electron chi connectivity index (χ4n) is 2.51. The van der Waals surface area contributed by atoms with Gasteiger partial charge in [0.25, 0.3) is 0 Å². The summed E-state index contributed by atoms with van der Waals surface area (Å²) in [5.41, 5.74) is 0. The Hall–Kier alpha value is -0.570. The summed E-state index contributed by atoms with van der Waals surface area (Å²) >= 11 is 0. The molecule has 1 amide bonds. The molecule has 2 heterocycles. The van der Waals surface area contributed by atoms with Crippen LogP contribution in [0, 0.1) is 11.8 Å². The highest BCUT2D eigenvalue weighted by atomic mass is 16.2. The van der Waals surface area contributed by atoms with Gasteiger partial charge in [-0.2, -0.15) is 0 Å². The first kappa shape index (κ1) is 9.97. The molecular weight excluding hydrogens is 176 g/mol. The van der Waals surface area contributed by atoms with Crippen LogP contribution in [0.4, 0.5) is 0 Å². The van der Waals surface area contributed by atoms with Crippen molar-refractivity contribution in [1.82, 2.24) is 10.2 Å². The van der Waals surface area contributed by atoms with Gasteiger partial charge in [0, 0.05) is 19.1 Å². The Bertz CT molecular complexity index is 223. The minimum Gasteiger partial charge on any atom is -0.339 e. The maximum Gasteiger partial charge on any atom is 0.227 e. The van der Waals surface area contributed by atoms with Crippen molar-refractivity contribution in [2.45, 2.75) is 32.7 Å². The van der Waals surface area contributed by atoms with Crippen molar-refractivity contribution >= 4 is 5.91 Å². The molecule has 0 aromatic carbocycles. The average Bonchev–Trinajstić information content (AvgIpc) is 2.77. The van der Waals surface area contributed by atoms with Crippen LogP contribution in [0.5, 0.6) is 0 Å². The second-order valence-electron chi connectivity index (χ2n) is 4.73. The van der Waals surface area contributed by atoms with E-state index in [1.165, 1.54) is 6.42 Å². The molecule has 3 nitrogen and oxygen atoms in total. The number of rotatable bonds is 1. The minimum atomic E-state index is 0.253. The minimum absolute atomic E-state index is 0.253. The predicted molar refractivity (Wildman–Crippen MR) is 55.9 cm³/mol. The van der Waals surface area contributed by atoms with E-state index in [1.54, 1.807) is 0 Å². The third kappa shape index (κ3) is 1.65. The Balaban J connectivity index is 1.97. The Labute approximate surface area is 85.8 Å². The Morgan fingerprint density at radius 2 is 2.14 bits per heavy atom. The van der Waals surface area contributed by atoms with Crippen molar-refractivity contribution in [1.29, 1.82) is 0 Å². The number of hydrogen-bond acceptors (Lipinski definition) is 2. The smallest absolute Gasteiger partial charge is 0.227 e. The molecule has 2 saturated heterocycles. The van der Waals surface area contributed by atoms with Gasteiger partial charge < -0.3 is 10.2 Å². The van der Waals surface area contributed by atoms with Gasteiger partial charge in [0.1, 0.15) is 0 Å². The van der Waals surface area contributed by atoms with E-state index in [2.05, 4.69) is 24.1 Å². The zero-order valence-corrected chi connectivity index (χ0v) is 9.12. The Morgan fingerprint density at radius 3 is 2.64 bits per heavy atom. The molecule has 14 heavy (non-hydrogen) atoms. The largest absolute Gasteiger partial charge is 0.339 e. The van der Waals surface area contributed by atoms with Crippen LogP contribution >= 0.6 is 0 Å². The molecule has 0 aliphatic carbocycles. The summed E-state index contributed by atoms with van der Waals surface area (Å²) in [6.45, 7) is 7.28. The third-order valence-corrected chi connectivity index (χ3v) is 3.83. The van der Waals surface area contributed by atoms with E-state index in [1.807, 2.05) is 0 Å². The van der Waals surface area contributed by atoms with Crippen LogP contribution < -0.4 is 5.32 Å². The number of carbonyl (C=O) groups is 1. The molecule has 0 spiro atoms. The number of nitrogens with zero attached hydrogens (tertiary/aromatic N) is 1. The lowest BCUT2D eigenvalue weighted by Gasteiger charge is -2.26. The van der Waals surface area contributed by atoms with E-state index >= 15 is 0 Å². The molecule has 0 aromatic rings. The van der Waals surface area contributed by atoms with E-state index in [4.69, 9.17) is 0 Å². The lowest BCUT2D eigenvalue weighted by Crippen LogP contribution is -2.40. The number of likely N-dealkylation sites (tertiary alicyclic amines) is 1. The Kier molecular flexibility index (Phi) is 2.77. The molecule has 80 valence electrons. The van der Waals surface area contributed by atoms with Crippen molar-refractivity contribution in [2.24, 2.45) is 11.8 Å². The van der Waals surface area contributed by atoms with E-state index < -0.39 is 0 Å². The van der Waals surface area contributed by atoms with Gasteiger partial charge >= 0.3 is 0 Å². The number of amides is 1. The van der Waals surface area contributed by atoms with E-state index in [0.29, 0.717) is 17.9 Å². The normalized spacial score (nSPS) is 37.9. The van der Waals surface area contributed by atoms with E-state index in [9.17, 15) is 4.79 Å². The van der Waals surface area contributed by atoms with Gasteiger partial charge in [-0.15, -0.1) is 0 Å². The van der Waals surface area contributed by atoms with E-state index in [0.717, 1.165) is 26.1 Å². The highest BCUT2D eigenvalue weighted by Gasteiger charge is 2.35. The number of nitrogens with one attached hydrogen (secondary N) is 1. The fourth-order valence-corrected chi connectivity index (χ4v) is 2.51. The van der Waals surface area contributed by atoms with Gasteiger partial charge in [0.05, 0.1) is 5.92 Å². The van der Waals surface area contributed by atoms with Crippen LogP contribution in [0.3, 0.4) is 0 Å².